The molecule has 6 heteroatoms. The first kappa shape index (κ1) is 10.7. The monoisotopic (exact) mass is 207 g/mol. The molecule has 0 radical (unpaired) electrons. The van der Waals surface area contributed by atoms with Crippen LogP contribution < -0.4 is 0 Å². The number of halogens is 3. The molecule has 0 saturated heterocycles. The Bertz CT molecular complexity index is 339. The highest BCUT2D eigenvalue weighted by molar-refractivity contribution is 6.11. The van der Waals surface area contributed by atoms with Crippen molar-refractivity contribution in [3.63, 3.8) is 0 Å². The third-order valence-electron chi connectivity index (χ3n) is 1.91. The summed E-state index contributed by atoms with van der Waals surface area (Å²) in [6.07, 6.45) is -3.90. The number of rotatable bonds is 1. The number of carbonyl (C=O) groups is 1. The summed E-state index contributed by atoms with van der Waals surface area (Å²) in [5, 5.41) is 8.53. The van der Waals surface area contributed by atoms with E-state index in [0.29, 0.717) is 0 Å². The molecule has 0 bridgehead atoms. The third kappa shape index (κ3) is 1.64. The van der Waals surface area contributed by atoms with Gasteiger partial charge in [0.25, 0.3) is 0 Å². The average Bonchev–Trinajstić information content (AvgIpc) is 2.23. The van der Waals surface area contributed by atoms with Crippen molar-refractivity contribution >= 4 is 12.2 Å². The lowest BCUT2D eigenvalue weighted by atomic mass is 9.93. The molecule has 0 spiro atoms. The van der Waals surface area contributed by atoms with Crippen molar-refractivity contribution < 1.29 is 23.1 Å². The summed E-state index contributed by atoms with van der Waals surface area (Å²) in [6.45, 7) is 2.45. The van der Waals surface area contributed by atoms with E-state index in [-0.39, 0.29) is 0 Å². The van der Waals surface area contributed by atoms with Gasteiger partial charge in [-0.3, -0.25) is 4.99 Å². The van der Waals surface area contributed by atoms with Crippen LogP contribution in [0.2, 0.25) is 0 Å². The van der Waals surface area contributed by atoms with Gasteiger partial charge in [0.05, 0.1) is 16.7 Å². The van der Waals surface area contributed by atoms with E-state index in [1.165, 1.54) is 13.8 Å². The maximum absolute atomic E-state index is 12.5. The van der Waals surface area contributed by atoms with Crippen LogP contribution in [-0.4, -0.2) is 29.0 Å². The van der Waals surface area contributed by atoms with Crippen LogP contribution in [0.1, 0.15) is 13.8 Å². The van der Waals surface area contributed by atoms with Crippen LogP contribution in [0.25, 0.3) is 0 Å². The summed E-state index contributed by atoms with van der Waals surface area (Å²) in [7, 11) is 0. The zero-order valence-electron chi connectivity index (χ0n) is 7.51. The van der Waals surface area contributed by atoms with Crippen molar-refractivity contribution in [3.8, 4) is 0 Å². The van der Waals surface area contributed by atoms with Crippen LogP contribution in [0.5, 0.6) is 0 Å². The summed E-state index contributed by atoms with van der Waals surface area (Å²) in [6, 6.07) is 0. The van der Waals surface area contributed by atoms with Gasteiger partial charge in [-0.25, -0.2) is 4.79 Å². The van der Waals surface area contributed by atoms with Crippen LogP contribution in [0.4, 0.5) is 13.2 Å². The van der Waals surface area contributed by atoms with E-state index >= 15 is 0 Å². The molecular formula is C8H8F3NO2. The van der Waals surface area contributed by atoms with Gasteiger partial charge in [-0.1, -0.05) is 0 Å². The number of hydrogen-bond acceptors (Lipinski definition) is 2. The van der Waals surface area contributed by atoms with Gasteiger partial charge in [-0.15, -0.1) is 0 Å². The Kier molecular flexibility index (Phi) is 2.17. The molecule has 1 heterocycles. The highest BCUT2D eigenvalue weighted by Crippen LogP contribution is 2.40. The van der Waals surface area contributed by atoms with Crippen LogP contribution in [-0.2, 0) is 4.79 Å². The number of aliphatic carboxylic acids is 1. The molecule has 0 aromatic heterocycles. The number of hydrogen-bond donors (Lipinski definition) is 1. The number of nitrogens with zero attached hydrogens (tertiary/aromatic N) is 1. The number of carboxylic acids is 1. The lowest BCUT2D eigenvalue weighted by Gasteiger charge is -2.22. The normalized spacial score (nSPS) is 20.4. The van der Waals surface area contributed by atoms with Crippen molar-refractivity contribution in [2.45, 2.75) is 25.6 Å². The second-order valence-corrected chi connectivity index (χ2v) is 3.41. The zero-order chi connectivity index (χ0) is 11.1. The highest BCUT2D eigenvalue weighted by atomic mass is 19.4. The van der Waals surface area contributed by atoms with Gasteiger partial charge >= 0.3 is 12.1 Å². The SMILES string of the molecule is CC1(C)N=CC(C(=O)O)=C1C(F)(F)F. The lowest BCUT2D eigenvalue weighted by Crippen LogP contribution is -2.30. The van der Waals surface area contributed by atoms with Crippen LogP contribution in [0, 0.1) is 0 Å². The first-order valence-corrected chi connectivity index (χ1v) is 3.77. The predicted molar refractivity (Wildman–Crippen MR) is 43.3 cm³/mol. The van der Waals surface area contributed by atoms with Gasteiger partial charge < -0.3 is 5.11 Å². The molecular weight excluding hydrogens is 199 g/mol. The fraction of sp³-hybridized carbons (Fsp3) is 0.500. The molecule has 1 rings (SSSR count). The molecule has 78 valence electrons. The van der Waals surface area contributed by atoms with Crippen molar-refractivity contribution in [1.82, 2.24) is 0 Å². The number of alkyl halides is 3. The summed E-state index contributed by atoms with van der Waals surface area (Å²) < 4.78 is 37.4. The molecule has 3 nitrogen and oxygen atoms in total. The topological polar surface area (TPSA) is 49.7 Å². The minimum atomic E-state index is -4.66. The van der Waals surface area contributed by atoms with E-state index in [4.69, 9.17) is 5.11 Å². The Labute approximate surface area is 77.9 Å². The quantitative estimate of drug-likeness (QED) is 0.712. The molecule has 14 heavy (non-hydrogen) atoms. The molecule has 0 atom stereocenters. The van der Waals surface area contributed by atoms with Crippen LogP contribution in [0.3, 0.4) is 0 Å². The summed E-state index contributed by atoms with van der Waals surface area (Å²) >= 11 is 0. The van der Waals surface area contributed by atoms with E-state index in [1.807, 2.05) is 0 Å². The Morgan fingerprint density at radius 1 is 1.50 bits per heavy atom. The van der Waals surface area contributed by atoms with Crippen molar-refractivity contribution in [2.24, 2.45) is 4.99 Å². The molecule has 1 N–H and O–H groups in total. The van der Waals surface area contributed by atoms with Crippen molar-refractivity contribution in [2.75, 3.05) is 0 Å². The Hall–Kier alpha value is -1.33. The maximum Gasteiger partial charge on any atom is 0.415 e. The highest BCUT2D eigenvalue weighted by Gasteiger charge is 2.48. The number of carboxylic acid groups (broad SMARTS) is 1. The molecule has 0 aromatic rings. The average molecular weight is 207 g/mol. The summed E-state index contributed by atoms with van der Waals surface area (Å²) in [5.74, 6) is -1.60. The van der Waals surface area contributed by atoms with Gasteiger partial charge in [-0.05, 0) is 13.8 Å². The van der Waals surface area contributed by atoms with E-state index < -0.39 is 28.8 Å². The minimum Gasteiger partial charge on any atom is -0.478 e. The zero-order valence-corrected chi connectivity index (χ0v) is 7.51. The Morgan fingerprint density at radius 3 is 2.29 bits per heavy atom. The largest absolute Gasteiger partial charge is 0.478 e. The first-order valence-electron chi connectivity index (χ1n) is 3.77. The van der Waals surface area contributed by atoms with Gasteiger partial charge in [0, 0.05) is 6.21 Å². The second kappa shape index (κ2) is 2.83. The first-order chi connectivity index (χ1) is 6.16. The van der Waals surface area contributed by atoms with Crippen LogP contribution >= 0.6 is 0 Å². The number of aliphatic imine (C=N–C) groups is 1. The fourth-order valence-corrected chi connectivity index (χ4v) is 1.35. The minimum absolute atomic E-state index is 0.755. The third-order valence-corrected chi connectivity index (χ3v) is 1.91. The van der Waals surface area contributed by atoms with Gasteiger partial charge in [0.2, 0.25) is 0 Å². The van der Waals surface area contributed by atoms with E-state index in [2.05, 4.69) is 4.99 Å². The van der Waals surface area contributed by atoms with Crippen molar-refractivity contribution in [3.05, 3.63) is 11.1 Å². The van der Waals surface area contributed by atoms with Gasteiger partial charge in [0.15, 0.2) is 0 Å². The van der Waals surface area contributed by atoms with E-state index in [9.17, 15) is 18.0 Å². The van der Waals surface area contributed by atoms with E-state index in [1.54, 1.807) is 0 Å². The Balaban J connectivity index is 3.32. The molecule has 1 aliphatic rings. The molecule has 0 saturated carbocycles. The molecule has 0 aliphatic carbocycles. The van der Waals surface area contributed by atoms with E-state index in [0.717, 1.165) is 6.21 Å². The fourth-order valence-electron chi connectivity index (χ4n) is 1.35. The standard InChI is InChI=1S/C8H8F3NO2/c1-7(2)5(8(9,10)11)4(3-12-7)6(13)14/h3H,1-2H3,(H,13,14). The van der Waals surface area contributed by atoms with Gasteiger partial charge in [-0.2, -0.15) is 13.2 Å². The van der Waals surface area contributed by atoms with Gasteiger partial charge in [0.1, 0.15) is 0 Å². The lowest BCUT2D eigenvalue weighted by molar-refractivity contribution is -0.133. The van der Waals surface area contributed by atoms with Crippen LogP contribution in [0.15, 0.2) is 16.1 Å². The molecule has 0 unspecified atom stereocenters. The predicted octanol–water partition coefficient (Wildman–Crippen LogP) is 1.79. The molecule has 0 amide bonds. The Morgan fingerprint density at radius 2 is 2.00 bits per heavy atom. The van der Waals surface area contributed by atoms with Crippen molar-refractivity contribution in [1.29, 1.82) is 0 Å². The summed E-state index contributed by atoms with van der Waals surface area (Å²) in [5.41, 5.74) is -3.38. The maximum atomic E-state index is 12.5. The molecule has 1 aliphatic heterocycles. The molecule has 0 fully saturated rings. The second-order valence-electron chi connectivity index (χ2n) is 3.41. The smallest absolute Gasteiger partial charge is 0.415 e. The summed E-state index contributed by atoms with van der Waals surface area (Å²) in [4.78, 5) is 14.0. The molecule has 0 aromatic carbocycles.